The number of benzene rings is 1. The van der Waals surface area contributed by atoms with Gasteiger partial charge in [-0.2, -0.15) is 0 Å². The second-order valence-electron chi connectivity index (χ2n) is 9.41. The van der Waals surface area contributed by atoms with Crippen molar-refractivity contribution in [3.8, 4) is 0 Å². The predicted octanol–water partition coefficient (Wildman–Crippen LogP) is 3.54. The summed E-state index contributed by atoms with van der Waals surface area (Å²) in [6.07, 6.45) is 3.27. The van der Waals surface area contributed by atoms with Crippen molar-refractivity contribution >= 4 is 22.6 Å². The molecule has 1 aromatic heterocycles. The van der Waals surface area contributed by atoms with E-state index in [0.717, 1.165) is 12.8 Å². The number of carbonyl (C=O) groups is 1. The molecule has 162 valence electrons. The molecular weight excluding hydrogens is 385 g/mol. The Bertz CT molecular complexity index is 1060. The zero-order valence-electron chi connectivity index (χ0n) is 18.0. The van der Waals surface area contributed by atoms with Crippen molar-refractivity contribution in [1.82, 2.24) is 4.57 Å². The second-order valence-corrected chi connectivity index (χ2v) is 9.41. The Labute approximate surface area is 175 Å². The van der Waals surface area contributed by atoms with Crippen molar-refractivity contribution in [2.75, 3.05) is 18.0 Å². The number of hydrogen-bond acceptors (Lipinski definition) is 4. The van der Waals surface area contributed by atoms with Gasteiger partial charge in [0, 0.05) is 36.8 Å². The SMILES string of the molecule is Cc1c(N2C[C@@H](N)[C@@H](C(C)C)[C@@H](C)C2)c(F)cc2c(=O)c(C(=O)O)cn(C3CC3)c12. The molecule has 3 atom stereocenters. The smallest absolute Gasteiger partial charge is 0.341 e. The van der Waals surface area contributed by atoms with Gasteiger partial charge in [0.1, 0.15) is 11.4 Å². The Morgan fingerprint density at radius 2 is 1.97 bits per heavy atom. The number of carboxylic acid groups (broad SMARTS) is 1. The fourth-order valence-corrected chi connectivity index (χ4v) is 5.53. The molecule has 1 aromatic carbocycles. The first-order valence-electron chi connectivity index (χ1n) is 10.7. The number of piperidine rings is 1. The lowest BCUT2D eigenvalue weighted by molar-refractivity contribution is 0.0695. The minimum atomic E-state index is -1.28. The van der Waals surface area contributed by atoms with E-state index in [1.165, 1.54) is 12.3 Å². The molecule has 7 heteroatoms. The fraction of sp³-hybridized carbons (Fsp3) is 0.565. The monoisotopic (exact) mass is 415 g/mol. The molecule has 1 aliphatic carbocycles. The number of hydrogen-bond donors (Lipinski definition) is 2. The summed E-state index contributed by atoms with van der Waals surface area (Å²) in [5, 5.41) is 9.58. The summed E-state index contributed by atoms with van der Waals surface area (Å²) in [7, 11) is 0. The highest BCUT2D eigenvalue weighted by Crippen LogP contribution is 2.41. The first-order chi connectivity index (χ1) is 14.1. The highest BCUT2D eigenvalue weighted by atomic mass is 19.1. The first kappa shape index (κ1) is 20.8. The highest BCUT2D eigenvalue weighted by molar-refractivity contribution is 5.95. The average Bonchev–Trinajstić information content (AvgIpc) is 3.46. The third kappa shape index (κ3) is 3.29. The van der Waals surface area contributed by atoms with Gasteiger partial charge in [-0.25, -0.2) is 9.18 Å². The van der Waals surface area contributed by atoms with Crippen molar-refractivity contribution in [3.05, 3.63) is 39.4 Å². The summed E-state index contributed by atoms with van der Waals surface area (Å²) in [4.78, 5) is 26.4. The summed E-state index contributed by atoms with van der Waals surface area (Å²) in [5.74, 6) is -0.649. The zero-order valence-corrected chi connectivity index (χ0v) is 18.0. The molecule has 0 unspecified atom stereocenters. The van der Waals surface area contributed by atoms with Crippen LogP contribution in [0.25, 0.3) is 10.9 Å². The number of aryl methyl sites for hydroxylation is 1. The number of nitrogens with two attached hydrogens (primary N) is 1. The lowest BCUT2D eigenvalue weighted by Gasteiger charge is -2.44. The van der Waals surface area contributed by atoms with Gasteiger partial charge in [-0.15, -0.1) is 0 Å². The number of rotatable bonds is 4. The van der Waals surface area contributed by atoms with Gasteiger partial charge in [-0.05, 0) is 49.1 Å². The van der Waals surface area contributed by atoms with Gasteiger partial charge >= 0.3 is 5.97 Å². The van der Waals surface area contributed by atoms with Gasteiger partial charge in [-0.1, -0.05) is 20.8 Å². The van der Waals surface area contributed by atoms with Crippen LogP contribution in [0, 0.1) is 30.5 Å². The van der Waals surface area contributed by atoms with Crippen LogP contribution in [0.15, 0.2) is 17.1 Å². The van der Waals surface area contributed by atoms with E-state index in [1.54, 1.807) is 0 Å². The van der Waals surface area contributed by atoms with E-state index in [9.17, 15) is 14.7 Å². The molecule has 0 radical (unpaired) electrons. The highest BCUT2D eigenvalue weighted by Gasteiger charge is 2.36. The van der Waals surface area contributed by atoms with Gasteiger partial charge in [0.25, 0.3) is 0 Å². The lowest BCUT2D eigenvalue weighted by atomic mass is 9.76. The third-order valence-electron chi connectivity index (χ3n) is 6.83. The quantitative estimate of drug-likeness (QED) is 0.797. The summed E-state index contributed by atoms with van der Waals surface area (Å²) < 4.78 is 17.2. The number of fused-ring (bicyclic) bond motifs is 1. The van der Waals surface area contributed by atoms with E-state index in [-0.39, 0.29) is 23.0 Å². The summed E-state index contributed by atoms with van der Waals surface area (Å²) in [6.45, 7) is 9.58. The van der Waals surface area contributed by atoms with E-state index in [1.807, 2.05) is 16.4 Å². The Kier molecular flexibility index (Phi) is 5.12. The van der Waals surface area contributed by atoms with Crippen molar-refractivity contribution in [2.24, 2.45) is 23.5 Å². The number of aromatic carboxylic acids is 1. The van der Waals surface area contributed by atoms with Crippen LogP contribution in [-0.4, -0.2) is 34.8 Å². The maximum atomic E-state index is 15.4. The Morgan fingerprint density at radius 1 is 1.30 bits per heavy atom. The zero-order chi connectivity index (χ0) is 21.9. The summed E-state index contributed by atoms with van der Waals surface area (Å²) in [6, 6.07) is 1.30. The van der Waals surface area contributed by atoms with Crippen LogP contribution in [0.5, 0.6) is 0 Å². The normalized spacial score (nSPS) is 24.6. The Hall–Kier alpha value is -2.41. The van der Waals surface area contributed by atoms with Crippen LogP contribution in [-0.2, 0) is 0 Å². The standard InChI is InChI=1S/C23H30FN3O3/c1-11(2)19-12(3)8-26(10-18(19)25)21-13(4)20-15(7-17(21)24)22(28)16(23(29)30)9-27(20)14-5-6-14/h7,9,11-12,14,18-19H,5-6,8,10,25H2,1-4H3,(H,29,30)/t12-,18+,19-/m0/s1. The van der Waals surface area contributed by atoms with E-state index >= 15 is 4.39 Å². The third-order valence-corrected chi connectivity index (χ3v) is 6.83. The number of nitrogens with zero attached hydrogens (tertiary/aromatic N) is 2. The molecule has 4 rings (SSSR count). The van der Waals surface area contributed by atoms with Crippen LogP contribution in [0.3, 0.4) is 0 Å². The van der Waals surface area contributed by atoms with Crippen molar-refractivity contribution < 1.29 is 14.3 Å². The topological polar surface area (TPSA) is 88.6 Å². The molecule has 6 nitrogen and oxygen atoms in total. The lowest BCUT2D eigenvalue weighted by Crippen LogP contribution is -2.54. The number of anilines is 1. The largest absolute Gasteiger partial charge is 0.477 e. The van der Waals surface area contributed by atoms with Crippen LogP contribution in [0.4, 0.5) is 10.1 Å². The molecule has 2 aliphatic rings. The van der Waals surface area contributed by atoms with Crippen LogP contribution >= 0.6 is 0 Å². The number of carboxylic acids is 1. The fourth-order valence-electron chi connectivity index (χ4n) is 5.53. The van der Waals surface area contributed by atoms with Crippen LogP contribution < -0.4 is 16.1 Å². The number of aromatic nitrogens is 1. The van der Waals surface area contributed by atoms with E-state index in [4.69, 9.17) is 5.73 Å². The Morgan fingerprint density at radius 3 is 2.50 bits per heavy atom. The molecular formula is C23H30FN3O3. The molecule has 2 aromatic rings. The first-order valence-corrected chi connectivity index (χ1v) is 10.7. The number of pyridine rings is 1. The summed E-state index contributed by atoms with van der Waals surface area (Å²) in [5.41, 5.74) is 7.33. The molecule has 1 saturated carbocycles. The molecule has 0 spiro atoms. The van der Waals surface area contributed by atoms with Gasteiger partial charge in [-0.3, -0.25) is 4.79 Å². The maximum Gasteiger partial charge on any atom is 0.341 e. The molecule has 3 N–H and O–H groups in total. The van der Waals surface area contributed by atoms with Gasteiger partial charge in [0.05, 0.1) is 11.2 Å². The van der Waals surface area contributed by atoms with Crippen molar-refractivity contribution in [2.45, 2.75) is 52.6 Å². The molecule has 0 amide bonds. The average molecular weight is 416 g/mol. The molecule has 2 fully saturated rings. The molecule has 30 heavy (non-hydrogen) atoms. The molecule has 1 saturated heterocycles. The maximum absolute atomic E-state index is 15.4. The van der Waals surface area contributed by atoms with E-state index in [0.29, 0.717) is 47.6 Å². The number of halogens is 1. The predicted molar refractivity (Wildman–Crippen MR) is 116 cm³/mol. The second kappa shape index (κ2) is 7.38. The van der Waals surface area contributed by atoms with Gasteiger partial charge in [0.15, 0.2) is 0 Å². The van der Waals surface area contributed by atoms with Crippen molar-refractivity contribution in [3.63, 3.8) is 0 Å². The van der Waals surface area contributed by atoms with Crippen molar-refractivity contribution in [1.29, 1.82) is 0 Å². The van der Waals surface area contributed by atoms with Gasteiger partial charge in [0.2, 0.25) is 5.43 Å². The van der Waals surface area contributed by atoms with E-state index < -0.39 is 17.2 Å². The van der Waals surface area contributed by atoms with Crippen LogP contribution in [0.1, 0.15) is 55.6 Å². The summed E-state index contributed by atoms with van der Waals surface area (Å²) >= 11 is 0. The molecule has 2 heterocycles. The Balaban J connectivity index is 1.89. The van der Waals surface area contributed by atoms with E-state index in [2.05, 4.69) is 20.8 Å². The molecule has 0 bridgehead atoms. The minimum absolute atomic E-state index is 0.0664. The minimum Gasteiger partial charge on any atom is -0.477 e. The van der Waals surface area contributed by atoms with Crippen LogP contribution in [0.2, 0.25) is 0 Å². The molecule has 1 aliphatic heterocycles. The van der Waals surface area contributed by atoms with Gasteiger partial charge < -0.3 is 20.3 Å².